The van der Waals surface area contributed by atoms with Crippen molar-refractivity contribution in [3.63, 3.8) is 0 Å². The van der Waals surface area contributed by atoms with E-state index in [2.05, 4.69) is 14.7 Å². The Morgan fingerprint density at radius 1 is 1.35 bits per heavy atom. The second-order valence-corrected chi connectivity index (χ2v) is 3.50. The molecule has 0 unspecified atom stereocenters. The molecule has 1 N–H and O–H groups in total. The smallest absolute Gasteiger partial charge is 0.335 e. The predicted molar refractivity (Wildman–Crippen MR) is 62.2 cm³/mol. The van der Waals surface area contributed by atoms with E-state index in [1.807, 2.05) is 0 Å². The van der Waals surface area contributed by atoms with Crippen LogP contribution in [0.5, 0.6) is 0 Å². The summed E-state index contributed by atoms with van der Waals surface area (Å²) in [6.45, 7) is 0. The fourth-order valence-corrected chi connectivity index (χ4v) is 1.33. The zero-order valence-electron chi connectivity index (χ0n) is 8.51. The van der Waals surface area contributed by atoms with Crippen molar-refractivity contribution in [1.29, 1.82) is 0 Å². The monoisotopic (exact) mass is 250 g/mol. The van der Waals surface area contributed by atoms with E-state index >= 15 is 0 Å². The molecule has 0 aliphatic heterocycles. The highest BCUT2D eigenvalue weighted by Gasteiger charge is 2.09. The van der Waals surface area contributed by atoms with Crippen molar-refractivity contribution in [2.24, 2.45) is 0 Å². The third-order valence-corrected chi connectivity index (χ3v) is 2.27. The highest BCUT2D eigenvalue weighted by Crippen LogP contribution is 2.18. The molecule has 0 fully saturated rings. The van der Waals surface area contributed by atoms with Crippen molar-refractivity contribution in [2.45, 2.75) is 0 Å². The fourth-order valence-electron chi connectivity index (χ4n) is 1.16. The molecule has 0 atom stereocenters. The van der Waals surface area contributed by atoms with Gasteiger partial charge in [0.1, 0.15) is 6.26 Å². The molecule has 6 heteroatoms. The summed E-state index contributed by atoms with van der Waals surface area (Å²) >= 11 is 5.78. The number of nitrogens with zero attached hydrogens (tertiary/aromatic N) is 1. The molecule has 2 rings (SSSR count). The second kappa shape index (κ2) is 4.80. The van der Waals surface area contributed by atoms with Gasteiger partial charge in [-0.05, 0) is 18.2 Å². The Bertz CT molecular complexity index is 589. The van der Waals surface area contributed by atoms with E-state index in [4.69, 9.17) is 11.6 Å². The molecule has 5 nitrogen and oxygen atoms in total. The number of carbonyl (C=O) groups is 1. The van der Waals surface area contributed by atoms with Gasteiger partial charge >= 0.3 is 5.63 Å². The summed E-state index contributed by atoms with van der Waals surface area (Å²) in [6.07, 6.45) is 2.60. The topological polar surface area (TPSA) is 72.2 Å². The summed E-state index contributed by atoms with van der Waals surface area (Å²) in [7, 11) is 0. The van der Waals surface area contributed by atoms with Gasteiger partial charge < -0.3 is 9.73 Å². The van der Waals surface area contributed by atoms with Crippen LogP contribution in [0.1, 0.15) is 10.4 Å². The molecule has 2 heterocycles. The predicted octanol–water partition coefficient (Wildman–Crippen LogP) is 1.94. The lowest BCUT2D eigenvalue weighted by molar-refractivity contribution is 0.102. The average molecular weight is 251 g/mol. The van der Waals surface area contributed by atoms with Crippen LogP contribution in [0, 0.1) is 0 Å². The third-order valence-electron chi connectivity index (χ3n) is 1.97. The molecule has 2 aromatic heterocycles. The standard InChI is InChI=1S/C11H7ClN2O3/c12-10-8(2-1-5-13-10)14-11(16)7-3-4-9(15)17-6-7/h1-6H,(H,14,16). The largest absolute Gasteiger partial charge is 0.430 e. The Balaban J connectivity index is 2.20. The number of rotatable bonds is 2. The highest BCUT2D eigenvalue weighted by atomic mass is 35.5. The molecular formula is C11H7ClN2O3. The molecule has 2 aromatic rings. The Morgan fingerprint density at radius 3 is 2.82 bits per heavy atom. The molecule has 0 aromatic carbocycles. The molecule has 0 saturated heterocycles. The fraction of sp³-hybridized carbons (Fsp3) is 0. The number of anilines is 1. The number of halogens is 1. The van der Waals surface area contributed by atoms with Gasteiger partial charge in [0.25, 0.3) is 5.91 Å². The van der Waals surface area contributed by atoms with E-state index in [9.17, 15) is 9.59 Å². The van der Waals surface area contributed by atoms with E-state index in [1.54, 1.807) is 12.1 Å². The first kappa shape index (κ1) is 11.3. The van der Waals surface area contributed by atoms with Gasteiger partial charge in [-0.15, -0.1) is 0 Å². The zero-order chi connectivity index (χ0) is 12.3. The van der Waals surface area contributed by atoms with Crippen molar-refractivity contribution in [3.05, 3.63) is 57.9 Å². The van der Waals surface area contributed by atoms with Crippen molar-refractivity contribution in [3.8, 4) is 0 Å². The molecule has 86 valence electrons. The van der Waals surface area contributed by atoms with Crippen LogP contribution in [0.25, 0.3) is 0 Å². The minimum atomic E-state index is -0.513. The second-order valence-electron chi connectivity index (χ2n) is 3.14. The maximum absolute atomic E-state index is 11.7. The van der Waals surface area contributed by atoms with Gasteiger partial charge in [-0.1, -0.05) is 11.6 Å². The molecule has 0 saturated carbocycles. The van der Waals surface area contributed by atoms with Gasteiger partial charge in [-0.25, -0.2) is 9.78 Å². The van der Waals surface area contributed by atoms with Gasteiger partial charge in [0.15, 0.2) is 5.15 Å². The number of pyridine rings is 1. The van der Waals surface area contributed by atoms with Crippen molar-refractivity contribution in [2.75, 3.05) is 5.32 Å². The van der Waals surface area contributed by atoms with Gasteiger partial charge in [0.2, 0.25) is 0 Å². The average Bonchev–Trinajstić information content (AvgIpc) is 2.33. The molecule has 0 aliphatic rings. The molecule has 1 amide bonds. The molecule has 17 heavy (non-hydrogen) atoms. The number of hydrogen-bond donors (Lipinski definition) is 1. The first-order valence-corrected chi connectivity index (χ1v) is 5.05. The Kier molecular flexibility index (Phi) is 3.20. The summed E-state index contributed by atoms with van der Waals surface area (Å²) in [5, 5.41) is 2.74. The van der Waals surface area contributed by atoms with Crippen molar-refractivity contribution in [1.82, 2.24) is 4.98 Å². The van der Waals surface area contributed by atoms with Crippen LogP contribution < -0.4 is 10.9 Å². The Labute approximate surface area is 101 Å². The molecule has 0 bridgehead atoms. The van der Waals surface area contributed by atoms with Gasteiger partial charge in [0, 0.05) is 12.3 Å². The zero-order valence-corrected chi connectivity index (χ0v) is 9.27. The van der Waals surface area contributed by atoms with Gasteiger partial charge in [-0.2, -0.15) is 0 Å². The van der Waals surface area contributed by atoms with Crippen LogP contribution in [0.2, 0.25) is 5.15 Å². The quantitative estimate of drug-likeness (QED) is 0.827. The van der Waals surface area contributed by atoms with Crippen LogP contribution in [0.15, 0.2) is 45.9 Å². The van der Waals surface area contributed by atoms with Crippen LogP contribution >= 0.6 is 11.6 Å². The molecular weight excluding hydrogens is 244 g/mol. The Morgan fingerprint density at radius 2 is 2.18 bits per heavy atom. The van der Waals surface area contributed by atoms with Crippen LogP contribution in [-0.4, -0.2) is 10.9 Å². The summed E-state index contributed by atoms with van der Waals surface area (Å²) in [5.74, 6) is -0.427. The normalized spacial score (nSPS) is 9.94. The lowest BCUT2D eigenvalue weighted by Crippen LogP contribution is -2.13. The Hall–Kier alpha value is -2.14. The van der Waals surface area contributed by atoms with E-state index in [0.717, 1.165) is 6.26 Å². The van der Waals surface area contributed by atoms with E-state index in [-0.39, 0.29) is 10.7 Å². The summed E-state index contributed by atoms with van der Waals surface area (Å²) in [6, 6.07) is 5.80. The van der Waals surface area contributed by atoms with E-state index < -0.39 is 11.5 Å². The minimum Gasteiger partial charge on any atom is -0.430 e. The summed E-state index contributed by atoms with van der Waals surface area (Å²) < 4.78 is 4.58. The number of aromatic nitrogens is 1. The SMILES string of the molecule is O=C(Nc1cccnc1Cl)c1ccc(=O)oc1. The maximum Gasteiger partial charge on any atom is 0.335 e. The highest BCUT2D eigenvalue weighted by molar-refractivity contribution is 6.32. The third kappa shape index (κ3) is 2.70. The number of nitrogens with one attached hydrogen (secondary N) is 1. The number of hydrogen-bond acceptors (Lipinski definition) is 4. The lowest BCUT2D eigenvalue weighted by Gasteiger charge is -2.05. The van der Waals surface area contributed by atoms with Crippen LogP contribution in [0.3, 0.4) is 0 Å². The maximum atomic E-state index is 11.7. The summed E-state index contributed by atoms with van der Waals surface area (Å²) in [4.78, 5) is 26.3. The van der Waals surface area contributed by atoms with Crippen molar-refractivity contribution >= 4 is 23.2 Å². The number of carbonyl (C=O) groups excluding carboxylic acids is 1. The summed E-state index contributed by atoms with van der Waals surface area (Å²) in [5.41, 5.74) is 0.107. The van der Waals surface area contributed by atoms with E-state index in [1.165, 1.54) is 18.3 Å². The molecule has 0 spiro atoms. The van der Waals surface area contributed by atoms with Crippen LogP contribution in [0.4, 0.5) is 5.69 Å². The number of amides is 1. The molecule has 0 aliphatic carbocycles. The first-order chi connectivity index (χ1) is 8.16. The first-order valence-electron chi connectivity index (χ1n) is 4.67. The van der Waals surface area contributed by atoms with Gasteiger partial charge in [0.05, 0.1) is 11.3 Å². The van der Waals surface area contributed by atoms with Crippen LogP contribution in [-0.2, 0) is 0 Å². The lowest BCUT2D eigenvalue weighted by atomic mass is 10.3. The van der Waals surface area contributed by atoms with Gasteiger partial charge in [-0.3, -0.25) is 4.79 Å². The minimum absolute atomic E-state index is 0.193. The van der Waals surface area contributed by atoms with E-state index in [0.29, 0.717) is 5.69 Å². The van der Waals surface area contributed by atoms with Crippen molar-refractivity contribution < 1.29 is 9.21 Å². The molecule has 0 radical (unpaired) electrons.